The summed E-state index contributed by atoms with van der Waals surface area (Å²) in [7, 11) is 1.58. The third-order valence-corrected chi connectivity index (χ3v) is 4.56. The fourth-order valence-corrected chi connectivity index (χ4v) is 2.98. The Morgan fingerprint density at radius 3 is 2.24 bits per heavy atom. The number of ether oxygens (including phenoxy) is 3. The van der Waals surface area contributed by atoms with Crippen LogP contribution >= 0.6 is 15.9 Å². The summed E-state index contributed by atoms with van der Waals surface area (Å²) >= 11 is 3.35. The van der Waals surface area contributed by atoms with Gasteiger partial charge in [-0.15, -0.1) is 0 Å². The molecule has 0 bridgehead atoms. The van der Waals surface area contributed by atoms with Crippen LogP contribution in [-0.2, 0) is 4.74 Å². The first kappa shape index (κ1) is 20.8. The normalized spacial score (nSPS) is 10.4. The van der Waals surface area contributed by atoms with Gasteiger partial charge in [-0.05, 0) is 42.5 Å². The van der Waals surface area contributed by atoms with Crippen LogP contribution in [0.3, 0.4) is 0 Å². The smallest absolute Gasteiger partial charge is 0.347 e. The van der Waals surface area contributed by atoms with E-state index < -0.39 is 5.97 Å². The molecular formula is C23H19BrO5. The van der Waals surface area contributed by atoms with Crippen molar-refractivity contribution in [3.8, 4) is 11.5 Å². The highest BCUT2D eigenvalue weighted by molar-refractivity contribution is 9.10. The van der Waals surface area contributed by atoms with E-state index in [1.54, 1.807) is 61.7 Å². The minimum absolute atomic E-state index is 0.0932. The Kier molecular flexibility index (Phi) is 7.16. The summed E-state index contributed by atoms with van der Waals surface area (Å²) < 4.78 is 16.8. The third kappa shape index (κ3) is 5.53. The molecule has 6 heteroatoms. The molecule has 0 aliphatic rings. The molecule has 0 saturated carbocycles. The fraction of sp³-hybridized carbons (Fsp3) is 0.130. The number of hydrogen-bond acceptors (Lipinski definition) is 5. The maximum Gasteiger partial charge on any atom is 0.347 e. The van der Waals surface area contributed by atoms with Gasteiger partial charge in [0.05, 0.1) is 6.61 Å². The van der Waals surface area contributed by atoms with Gasteiger partial charge in [0.2, 0.25) is 0 Å². The van der Waals surface area contributed by atoms with E-state index >= 15 is 0 Å². The summed E-state index contributed by atoms with van der Waals surface area (Å²) in [6.45, 7) is 0.718. The maximum absolute atomic E-state index is 12.6. The zero-order valence-corrected chi connectivity index (χ0v) is 17.3. The van der Waals surface area contributed by atoms with Crippen molar-refractivity contribution in [2.24, 2.45) is 0 Å². The first-order chi connectivity index (χ1) is 14.1. The molecule has 0 fully saturated rings. The second-order valence-corrected chi connectivity index (χ2v) is 7.01. The summed E-state index contributed by atoms with van der Waals surface area (Å²) in [4.78, 5) is 25.1. The SMILES string of the molecule is COCCOc1ccc(Br)cc1C(=O)Oc1ccc(C(=O)c2ccccc2)cc1. The number of hydrogen-bond donors (Lipinski definition) is 0. The van der Waals surface area contributed by atoms with Gasteiger partial charge in [0.1, 0.15) is 23.7 Å². The lowest BCUT2D eigenvalue weighted by Crippen LogP contribution is -2.13. The van der Waals surface area contributed by atoms with Crippen LogP contribution in [0.1, 0.15) is 26.3 Å². The molecule has 3 aromatic carbocycles. The lowest BCUT2D eigenvalue weighted by atomic mass is 10.0. The predicted molar refractivity (Wildman–Crippen MR) is 113 cm³/mol. The Balaban J connectivity index is 1.73. The van der Waals surface area contributed by atoms with Crippen LogP contribution in [0.2, 0.25) is 0 Å². The number of methoxy groups -OCH3 is 1. The zero-order chi connectivity index (χ0) is 20.6. The predicted octanol–water partition coefficient (Wildman–Crippen LogP) is 4.92. The quantitative estimate of drug-likeness (QED) is 0.209. The minimum atomic E-state index is -0.555. The van der Waals surface area contributed by atoms with Crippen LogP contribution in [0, 0.1) is 0 Å². The Hall–Kier alpha value is -2.96. The van der Waals surface area contributed by atoms with Crippen LogP contribution in [0.5, 0.6) is 11.5 Å². The van der Waals surface area contributed by atoms with E-state index in [2.05, 4.69) is 15.9 Å². The summed E-state index contributed by atoms with van der Waals surface area (Å²) in [6, 6.07) is 20.6. The second-order valence-electron chi connectivity index (χ2n) is 6.09. The first-order valence-corrected chi connectivity index (χ1v) is 9.71. The molecule has 0 amide bonds. The van der Waals surface area contributed by atoms with Crippen molar-refractivity contribution in [3.05, 3.63) is 94.0 Å². The van der Waals surface area contributed by atoms with Gasteiger partial charge in [-0.2, -0.15) is 0 Å². The number of halogens is 1. The van der Waals surface area contributed by atoms with Crippen molar-refractivity contribution in [3.63, 3.8) is 0 Å². The fourth-order valence-electron chi connectivity index (χ4n) is 2.62. The standard InChI is InChI=1S/C23H19BrO5/c1-27-13-14-28-21-12-9-18(24)15-20(21)23(26)29-19-10-7-17(8-11-19)22(25)16-5-3-2-4-6-16/h2-12,15H,13-14H2,1H3. The molecule has 148 valence electrons. The average molecular weight is 455 g/mol. The molecule has 0 spiro atoms. The molecule has 0 radical (unpaired) electrons. The maximum atomic E-state index is 12.6. The van der Waals surface area contributed by atoms with Gasteiger partial charge >= 0.3 is 5.97 Å². The van der Waals surface area contributed by atoms with Crippen LogP contribution < -0.4 is 9.47 Å². The van der Waals surface area contributed by atoms with Gasteiger partial charge in [0.25, 0.3) is 0 Å². The summed E-state index contributed by atoms with van der Waals surface area (Å²) in [5.41, 5.74) is 1.41. The van der Waals surface area contributed by atoms with Gasteiger partial charge in [-0.3, -0.25) is 4.79 Å². The van der Waals surface area contributed by atoms with E-state index in [0.717, 1.165) is 4.47 Å². The molecule has 3 aromatic rings. The van der Waals surface area contributed by atoms with Crippen LogP contribution in [-0.4, -0.2) is 32.1 Å². The minimum Gasteiger partial charge on any atom is -0.490 e. The molecule has 29 heavy (non-hydrogen) atoms. The molecule has 0 unspecified atom stereocenters. The number of benzene rings is 3. The molecule has 0 saturated heterocycles. The summed E-state index contributed by atoms with van der Waals surface area (Å²) in [5.74, 6) is 0.0960. The highest BCUT2D eigenvalue weighted by Crippen LogP contribution is 2.25. The van der Waals surface area contributed by atoms with E-state index in [0.29, 0.717) is 41.4 Å². The molecule has 0 aliphatic carbocycles. The number of rotatable bonds is 8. The van der Waals surface area contributed by atoms with Gasteiger partial charge in [0.15, 0.2) is 5.78 Å². The van der Waals surface area contributed by atoms with Gasteiger partial charge in [0, 0.05) is 22.7 Å². The van der Waals surface area contributed by atoms with E-state index in [1.165, 1.54) is 0 Å². The van der Waals surface area contributed by atoms with Gasteiger partial charge < -0.3 is 14.2 Å². The number of esters is 1. The van der Waals surface area contributed by atoms with Gasteiger partial charge in [-0.1, -0.05) is 46.3 Å². The summed E-state index contributed by atoms with van der Waals surface area (Å²) in [6.07, 6.45) is 0. The average Bonchev–Trinajstić information content (AvgIpc) is 2.75. The van der Waals surface area contributed by atoms with Crippen LogP contribution in [0.4, 0.5) is 0 Å². The van der Waals surface area contributed by atoms with Crippen LogP contribution in [0.15, 0.2) is 77.3 Å². The van der Waals surface area contributed by atoms with E-state index in [4.69, 9.17) is 14.2 Å². The molecule has 0 N–H and O–H groups in total. The van der Waals surface area contributed by atoms with Crippen LogP contribution in [0.25, 0.3) is 0 Å². The summed E-state index contributed by atoms with van der Waals surface area (Å²) in [5, 5.41) is 0. The van der Waals surface area contributed by atoms with Crippen molar-refractivity contribution < 1.29 is 23.8 Å². The monoisotopic (exact) mass is 454 g/mol. The van der Waals surface area contributed by atoms with Crippen molar-refractivity contribution in [1.82, 2.24) is 0 Å². The largest absolute Gasteiger partial charge is 0.490 e. The molecule has 0 aromatic heterocycles. The van der Waals surface area contributed by atoms with Crippen molar-refractivity contribution in [2.75, 3.05) is 20.3 Å². The van der Waals surface area contributed by atoms with Crippen molar-refractivity contribution >= 4 is 27.7 Å². The Morgan fingerprint density at radius 2 is 1.55 bits per heavy atom. The van der Waals surface area contributed by atoms with E-state index in [-0.39, 0.29) is 5.78 Å². The second kappa shape index (κ2) is 10.0. The Bertz CT molecular complexity index is 984. The number of carbonyl (C=O) groups excluding carboxylic acids is 2. The van der Waals surface area contributed by atoms with Crippen molar-refractivity contribution in [2.45, 2.75) is 0 Å². The first-order valence-electron chi connectivity index (χ1n) is 8.92. The topological polar surface area (TPSA) is 61.8 Å². The Labute approximate surface area is 177 Å². The van der Waals surface area contributed by atoms with E-state index in [1.807, 2.05) is 18.2 Å². The van der Waals surface area contributed by atoms with Crippen molar-refractivity contribution in [1.29, 1.82) is 0 Å². The Morgan fingerprint density at radius 1 is 0.862 bits per heavy atom. The zero-order valence-electron chi connectivity index (χ0n) is 15.8. The van der Waals surface area contributed by atoms with E-state index in [9.17, 15) is 9.59 Å². The molecule has 0 atom stereocenters. The highest BCUT2D eigenvalue weighted by atomic mass is 79.9. The molecule has 5 nitrogen and oxygen atoms in total. The molecular weight excluding hydrogens is 436 g/mol. The number of carbonyl (C=O) groups is 2. The molecule has 0 heterocycles. The lowest BCUT2D eigenvalue weighted by Gasteiger charge is -2.11. The lowest BCUT2D eigenvalue weighted by molar-refractivity contribution is 0.0727. The molecule has 0 aliphatic heterocycles. The van der Waals surface area contributed by atoms with Gasteiger partial charge in [-0.25, -0.2) is 4.79 Å². The highest BCUT2D eigenvalue weighted by Gasteiger charge is 2.16. The number of ketones is 1. The third-order valence-electron chi connectivity index (χ3n) is 4.07. The molecule has 3 rings (SSSR count).